The Hall–Kier alpha value is -0.790. The molecule has 0 atom stereocenters. The van der Waals surface area contributed by atoms with Gasteiger partial charge >= 0.3 is 0 Å². The van der Waals surface area contributed by atoms with Crippen LogP contribution in [0.2, 0.25) is 10.0 Å². The van der Waals surface area contributed by atoms with Crippen LogP contribution in [0.4, 0.5) is 0 Å². The van der Waals surface area contributed by atoms with Gasteiger partial charge in [-0.2, -0.15) is 0 Å². The first-order chi connectivity index (χ1) is 5.77. The van der Waals surface area contributed by atoms with E-state index in [0.717, 1.165) is 10.8 Å². The standard InChI is InChI=1S/C9H5Cl2N/c10-7-1-2-8-6(3-7)4-12-5-9(8)11/h1-5H. The molecule has 1 aromatic carbocycles. The van der Waals surface area contributed by atoms with Gasteiger partial charge < -0.3 is 0 Å². The zero-order valence-electron chi connectivity index (χ0n) is 6.09. The molecule has 0 aliphatic carbocycles. The Bertz CT molecular complexity index is 426. The van der Waals surface area contributed by atoms with Crippen molar-refractivity contribution in [2.24, 2.45) is 0 Å². The lowest BCUT2D eigenvalue weighted by molar-refractivity contribution is 1.36. The summed E-state index contributed by atoms with van der Waals surface area (Å²) in [5.74, 6) is 0. The number of hydrogen-bond donors (Lipinski definition) is 0. The molecule has 1 nitrogen and oxygen atoms in total. The predicted octanol–water partition coefficient (Wildman–Crippen LogP) is 3.54. The minimum Gasteiger partial charge on any atom is -0.263 e. The van der Waals surface area contributed by atoms with E-state index in [9.17, 15) is 0 Å². The highest BCUT2D eigenvalue weighted by Crippen LogP contribution is 2.24. The van der Waals surface area contributed by atoms with E-state index in [1.54, 1.807) is 12.4 Å². The van der Waals surface area contributed by atoms with Gasteiger partial charge in [0.05, 0.1) is 5.02 Å². The Morgan fingerprint density at radius 2 is 1.92 bits per heavy atom. The maximum absolute atomic E-state index is 5.90. The maximum Gasteiger partial charge on any atom is 0.0667 e. The molecule has 0 bridgehead atoms. The molecule has 2 rings (SSSR count). The lowest BCUT2D eigenvalue weighted by Gasteiger charge is -1.98. The van der Waals surface area contributed by atoms with Crippen LogP contribution < -0.4 is 0 Å². The highest BCUT2D eigenvalue weighted by molar-refractivity contribution is 6.36. The quantitative estimate of drug-likeness (QED) is 0.630. The lowest BCUT2D eigenvalue weighted by Crippen LogP contribution is -1.76. The second-order valence-electron chi connectivity index (χ2n) is 2.49. The van der Waals surface area contributed by atoms with Gasteiger partial charge in [-0.3, -0.25) is 4.98 Å². The zero-order valence-corrected chi connectivity index (χ0v) is 7.60. The van der Waals surface area contributed by atoms with Crippen molar-refractivity contribution in [3.05, 3.63) is 40.6 Å². The molecular formula is C9H5Cl2N. The van der Waals surface area contributed by atoms with Gasteiger partial charge in [0.25, 0.3) is 0 Å². The van der Waals surface area contributed by atoms with E-state index in [-0.39, 0.29) is 0 Å². The number of pyridine rings is 1. The maximum atomic E-state index is 5.90. The van der Waals surface area contributed by atoms with Gasteiger partial charge in [-0.1, -0.05) is 29.3 Å². The van der Waals surface area contributed by atoms with Crippen molar-refractivity contribution in [2.45, 2.75) is 0 Å². The van der Waals surface area contributed by atoms with Crippen LogP contribution in [0, 0.1) is 0 Å². The normalized spacial score (nSPS) is 10.5. The molecule has 12 heavy (non-hydrogen) atoms. The fourth-order valence-electron chi connectivity index (χ4n) is 1.11. The molecule has 1 aromatic heterocycles. The first kappa shape index (κ1) is 7.84. The molecule has 0 aliphatic rings. The molecule has 0 amide bonds. The summed E-state index contributed by atoms with van der Waals surface area (Å²) in [5.41, 5.74) is 0. The van der Waals surface area contributed by atoms with Gasteiger partial charge in [0.1, 0.15) is 0 Å². The highest BCUT2D eigenvalue weighted by atomic mass is 35.5. The van der Waals surface area contributed by atoms with E-state index in [1.807, 2.05) is 18.2 Å². The number of halogens is 2. The van der Waals surface area contributed by atoms with Gasteiger partial charge in [-0.15, -0.1) is 0 Å². The monoisotopic (exact) mass is 197 g/mol. The van der Waals surface area contributed by atoms with Gasteiger partial charge in [0, 0.05) is 28.2 Å². The number of hydrogen-bond acceptors (Lipinski definition) is 1. The van der Waals surface area contributed by atoms with Crippen molar-refractivity contribution in [3.8, 4) is 0 Å². The van der Waals surface area contributed by atoms with Gasteiger partial charge in [-0.25, -0.2) is 0 Å². The topological polar surface area (TPSA) is 12.9 Å². The van der Waals surface area contributed by atoms with Gasteiger partial charge in [0.15, 0.2) is 0 Å². The molecule has 0 saturated carbocycles. The van der Waals surface area contributed by atoms with Crippen LogP contribution in [0.1, 0.15) is 0 Å². The summed E-state index contributed by atoms with van der Waals surface area (Å²) >= 11 is 11.7. The Labute approximate surface area is 79.9 Å². The van der Waals surface area contributed by atoms with E-state index >= 15 is 0 Å². The van der Waals surface area contributed by atoms with Crippen LogP contribution >= 0.6 is 23.2 Å². The molecule has 0 radical (unpaired) electrons. The molecule has 60 valence electrons. The summed E-state index contributed by atoms with van der Waals surface area (Å²) < 4.78 is 0. The average Bonchev–Trinajstić information content (AvgIpc) is 2.04. The Kier molecular flexibility index (Phi) is 1.91. The Morgan fingerprint density at radius 3 is 2.75 bits per heavy atom. The van der Waals surface area contributed by atoms with Crippen molar-refractivity contribution in [1.29, 1.82) is 0 Å². The summed E-state index contributed by atoms with van der Waals surface area (Å²) in [6, 6.07) is 5.55. The summed E-state index contributed by atoms with van der Waals surface area (Å²) in [6.45, 7) is 0. The van der Waals surface area contributed by atoms with E-state index in [1.165, 1.54) is 0 Å². The molecule has 0 N–H and O–H groups in total. The summed E-state index contributed by atoms with van der Waals surface area (Å²) in [6.07, 6.45) is 3.37. The Morgan fingerprint density at radius 1 is 1.08 bits per heavy atom. The first-order valence-corrected chi connectivity index (χ1v) is 4.22. The zero-order chi connectivity index (χ0) is 8.55. The number of rotatable bonds is 0. The molecule has 3 heteroatoms. The van der Waals surface area contributed by atoms with E-state index in [2.05, 4.69) is 4.98 Å². The van der Waals surface area contributed by atoms with Crippen LogP contribution in [-0.2, 0) is 0 Å². The summed E-state index contributed by atoms with van der Waals surface area (Å²) in [4.78, 5) is 3.96. The Balaban J connectivity index is 2.86. The number of aromatic nitrogens is 1. The summed E-state index contributed by atoms with van der Waals surface area (Å²) in [7, 11) is 0. The van der Waals surface area contributed by atoms with Crippen molar-refractivity contribution in [1.82, 2.24) is 4.98 Å². The fraction of sp³-hybridized carbons (Fsp3) is 0. The highest BCUT2D eigenvalue weighted by Gasteiger charge is 1.98. The van der Waals surface area contributed by atoms with Crippen LogP contribution in [-0.4, -0.2) is 4.98 Å². The second kappa shape index (κ2) is 2.92. The number of nitrogens with zero attached hydrogens (tertiary/aromatic N) is 1. The molecule has 1 heterocycles. The predicted molar refractivity (Wildman–Crippen MR) is 51.8 cm³/mol. The molecule has 0 saturated heterocycles. The summed E-state index contributed by atoms with van der Waals surface area (Å²) in [5, 5.41) is 3.31. The lowest BCUT2D eigenvalue weighted by atomic mass is 10.2. The molecule has 0 spiro atoms. The molecule has 0 aliphatic heterocycles. The van der Waals surface area contributed by atoms with E-state index < -0.39 is 0 Å². The molecule has 2 aromatic rings. The third-order valence-electron chi connectivity index (χ3n) is 1.67. The molecular weight excluding hydrogens is 193 g/mol. The SMILES string of the molecule is Clc1ccc2c(Cl)cncc2c1. The minimum absolute atomic E-state index is 0.657. The van der Waals surface area contributed by atoms with Crippen molar-refractivity contribution < 1.29 is 0 Å². The third-order valence-corrected chi connectivity index (χ3v) is 2.21. The van der Waals surface area contributed by atoms with E-state index in [4.69, 9.17) is 23.2 Å². The molecule has 0 unspecified atom stereocenters. The fourth-order valence-corrected chi connectivity index (χ4v) is 1.52. The van der Waals surface area contributed by atoms with E-state index in [0.29, 0.717) is 10.0 Å². The number of fused-ring (bicyclic) bond motifs is 1. The largest absolute Gasteiger partial charge is 0.263 e. The smallest absolute Gasteiger partial charge is 0.0667 e. The van der Waals surface area contributed by atoms with Gasteiger partial charge in [-0.05, 0) is 12.1 Å². The van der Waals surface area contributed by atoms with Crippen molar-refractivity contribution >= 4 is 34.0 Å². The third kappa shape index (κ3) is 1.26. The second-order valence-corrected chi connectivity index (χ2v) is 3.33. The van der Waals surface area contributed by atoms with Crippen molar-refractivity contribution in [2.75, 3.05) is 0 Å². The van der Waals surface area contributed by atoms with Crippen LogP contribution in [0.25, 0.3) is 10.8 Å². The van der Waals surface area contributed by atoms with Gasteiger partial charge in [0.2, 0.25) is 0 Å². The van der Waals surface area contributed by atoms with Crippen molar-refractivity contribution in [3.63, 3.8) is 0 Å². The van der Waals surface area contributed by atoms with Crippen LogP contribution in [0.5, 0.6) is 0 Å². The first-order valence-electron chi connectivity index (χ1n) is 3.46. The van der Waals surface area contributed by atoms with Crippen LogP contribution in [0.3, 0.4) is 0 Å². The molecule has 0 fully saturated rings. The van der Waals surface area contributed by atoms with Crippen LogP contribution in [0.15, 0.2) is 30.6 Å². The minimum atomic E-state index is 0.657. The average molecular weight is 198 g/mol. The number of benzene rings is 1.